The van der Waals surface area contributed by atoms with Crippen molar-refractivity contribution < 1.29 is 14.4 Å². The van der Waals surface area contributed by atoms with Crippen molar-refractivity contribution in [1.82, 2.24) is 9.91 Å². The number of halogens is 1. The van der Waals surface area contributed by atoms with Crippen LogP contribution in [0.5, 0.6) is 0 Å². The first kappa shape index (κ1) is 18.6. The van der Waals surface area contributed by atoms with E-state index in [-0.39, 0.29) is 23.5 Å². The number of Topliss-reactive ketones (excluding diaryl/α,β-unsaturated/α-hetero) is 1. The smallest absolute Gasteiger partial charge is 0.270 e. The fourth-order valence-corrected chi connectivity index (χ4v) is 3.73. The number of hydrogen-bond acceptors (Lipinski definition) is 4. The van der Waals surface area contributed by atoms with Gasteiger partial charge in [0.25, 0.3) is 5.91 Å². The third kappa shape index (κ3) is 3.80. The highest BCUT2D eigenvalue weighted by Crippen LogP contribution is 2.25. The first-order chi connectivity index (χ1) is 12.4. The minimum Gasteiger partial charge on any atom is -0.337 e. The van der Waals surface area contributed by atoms with Gasteiger partial charge in [-0.05, 0) is 43.5 Å². The number of aryl methyl sites for hydroxylation is 1. The number of nitrogens with zero attached hydrogens (tertiary/aromatic N) is 3. The molecule has 0 N–H and O–H groups in total. The van der Waals surface area contributed by atoms with E-state index in [1.807, 2.05) is 6.92 Å². The zero-order valence-corrected chi connectivity index (χ0v) is 15.8. The van der Waals surface area contributed by atoms with E-state index in [4.69, 9.17) is 11.6 Å². The molecule has 1 saturated heterocycles. The van der Waals surface area contributed by atoms with Gasteiger partial charge in [-0.2, -0.15) is 5.10 Å². The van der Waals surface area contributed by atoms with Crippen molar-refractivity contribution in [1.29, 1.82) is 0 Å². The third-order valence-corrected chi connectivity index (χ3v) is 5.22. The number of benzene rings is 1. The molecule has 26 heavy (non-hydrogen) atoms. The van der Waals surface area contributed by atoms with Crippen molar-refractivity contribution in [3.05, 3.63) is 34.3 Å². The van der Waals surface area contributed by atoms with Gasteiger partial charge in [-0.3, -0.25) is 14.4 Å². The molecule has 138 valence electrons. The monoisotopic (exact) mass is 375 g/mol. The van der Waals surface area contributed by atoms with E-state index in [0.29, 0.717) is 42.2 Å². The van der Waals surface area contributed by atoms with Crippen LogP contribution in [-0.4, -0.2) is 53.4 Å². The lowest BCUT2D eigenvalue weighted by Gasteiger charge is -2.33. The Balaban J connectivity index is 1.73. The molecule has 0 unspecified atom stereocenters. The average Bonchev–Trinajstić information content (AvgIpc) is 2.63. The third-order valence-electron chi connectivity index (χ3n) is 4.99. The second-order valence-electron chi connectivity index (χ2n) is 6.88. The first-order valence-corrected chi connectivity index (χ1v) is 9.18. The maximum absolute atomic E-state index is 12.9. The molecule has 0 aromatic heterocycles. The number of rotatable bonds is 3. The van der Waals surface area contributed by atoms with Gasteiger partial charge in [0.1, 0.15) is 5.71 Å². The highest BCUT2D eigenvalue weighted by atomic mass is 35.5. The summed E-state index contributed by atoms with van der Waals surface area (Å²) in [5.74, 6) is -0.438. The molecule has 0 bridgehead atoms. The Morgan fingerprint density at radius 1 is 1.27 bits per heavy atom. The number of carbonyl (C=O) groups is 3. The molecular weight excluding hydrogens is 354 g/mol. The number of hydrogen-bond donors (Lipinski definition) is 0. The minimum absolute atomic E-state index is 0.0505. The molecule has 0 saturated carbocycles. The van der Waals surface area contributed by atoms with E-state index in [2.05, 4.69) is 5.10 Å². The summed E-state index contributed by atoms with van der Waals surface area (Å²) in [5.41, 5.74) is 1.90. The summed E-state index contributed by atoms with van der Waals surface area (Å²) in [6.45, 7) is 2.86. The van der Waals surface area contributed by atoms with Crippen molar-refractivity contribution in [2.75, 3.05) is 20.1 Å². The fraction of sp³-hybridized carbons (Fsp3) is 0.474. The highest BCUT2D eigenvalue weighted by molar-refractivity contribution is 6.39. The lowest BCUT2D eigenvalue weighted by molar-refractivity contribution is -0.130. The van der Waals surface area contributed by atoms with Crippen LogP contribution in [0.15, 0.2) is 23.3 Å². The van der Waals surface area contributed by atoms with Crippen LogP contribution < -0.4 is 0 Å². The maximum atomic E-state index is 12.9. The number of hydrazone groups is 1. The van der Waals surface area contributed by atoms with Crippen molar-refractivity contribution in [2.45, 2.75) is 32.6 Å². The Labute approximate surface area is 157 Å². The second kappa shape index (κ2) is 7.58. The normalized spacial score (nSPS) is 20.8. The highest BCUT2D eigenvalue weighted by Gasteiger charge is 2.32. The molecule has 6 nitrogen and oxygen atoms in total. The van der Waals surface area contributed by atoms with Crippen molar-refractivity contribution in [3.63, 3.8) is 0 Å². The minimum atomic E-state index is -0.226. The second-order valence-corrected chi connectivity index (χ2v) is 7.31. The lowest BCUT2D eigenvalue weighted by Crippen LogP contribution is -2.46. The van der Waals surface area contributed by atoms with Crippen LogP contribution in [0.3, 0.4) is 0 Å². The van der Waals surface area contributed by atoms with Crippen LogP contribution in [-0.2, 0) is 9.59 Å². The van der Waals surface area contributed by atoms with Gasteiger partial charge in [-0.25, -0.2) is 5.01 Å². The summed E-state index contributed by atoms with van der Waals surface area (Å²) in [6.07, 6.45) is 2.18. The molecule has 2 heterocycles. The molecule has 1 atom stereocenters. The summed E-state index contributed by atoms with van der Waals surface area (Å²) in [5, 5.41) is 5.93. The molecular formula is C19H22ClN3O3. The first-order valence-electron chi connectivity index (χ1n) is 8.80. The maximum Gasteiger partial charge on any atom is 0.270 e. The summed E-state index contributed by atoms with van der Waals surface area (Å²) in [4.78, 5) is 38.9. The number of carbonyl (C=O) groups excluding carboxylic acids is 3. The molecule has 0 spiro atoms. The molecule has 1 aromatic carbocycles. The van der Waals surface area contributed by atoms with E-state index < -0.39 is 0 Å². The van der Waals surface area contributed by atoms with Crippen LogP contribution in [0.4, 0.5) is 0 Å². The quantitative estimate of drug-likeness (QED) is 0.762. The molecule has 7 heteroatoms. The SMILES string of the molecule is Cc1cc(Cl)ccc1C(=O)[C@H]1CCCN(C(=O)C2=NN(C)C(=O)CC2)C1. The molecule has 2 aliphatic heterocycles. The van der Waals surface area contributed by atoms with Crippen LogP contribution in [0, 0.1) is 12.8 Å². The Morgan fingerprint density at radius 2 is 2.04 bits per heavy atom. The summed E-state index contributed by atoms with van der Waals surface area (Å²) in [7, 11) is 1.56. The predicted octanol–water partition coefficient (Wildman–Crippen LogP) is 2.68. The van der Waals surface area contributed by atoms with Gasteiger partial charge in [0, 0.05) is 49.5 Å². The molecule has 1 fully saturated rings. The molecule has 2 aliphatic rings. The topological polar surface area (TPSA) is 70.1 Å². The Kier molecular flexibility index (Phi) is 5.41. The van der Waals surface area contributed by atoms with Crippen LogP contribution >= 0.6 is 11.6 Å². The summed E-state index contributed by atoms with van der Waals surface area (Å²) >= 11 is 5.97. The fourth-order valence-electron chi connectivity index (χ4n) is 3.51. The van der Waals surface area contributed by atoms with Gasteiger partial charge in [0.2, 0.25) is 5.91 Å². The Bertz CT molecular complexity index is 790. The van der Waals surface area contributed by atoms with Crippen molar-refractivity contribution in [3.8, 4) is 0 Å². The van der Waals surface area contributed by atoms with Gasteiger partial charge >= 0.3 is 0 Å². The predicted molar refractivity (Wildman–Crippen MR) is 99.3 cm³/mol. The average molecular weight is 376 g/mol. The Hall–Kier alpha value is -2.21. The molecule has 2 amide bonds. The number of amides is 2. The molecule has 0 aliphatic carbocycles. The largest absolute Gasteiger partial charge is 0.337 e. The zero-order valence-electron chi connectivity index (χ0n) is 15.0. The van der Waals surface area contributed by atoms with Gasteiger partial charge in [-0.1, -0.05) is 11.6 Å². The Morgan fingerprint density at radius 3 is 2.73 bits per heavy atom. The van der Waals surface area contributed by atoms with E-state index >= 15 is 0 Å². The van der Waals surface area contributed by atoms with Gasteiger partial charge in [0.05, 0.1) is 0 Å². The molecule has 1 aromatic rings. The van der Waals surface area contributed by atoms with E-state index in [0.717, 1.165) is 18.4 Å². The number of likely N-dealkylation sites (tertiary alicyclic amines) is 1. The van der Waals surface area contributed by atoms with Gasteiger partial charge < -0.3 is 4.90 Å². The van der Waals surface area contributed by atoms with Crippen LogP contribution in [0.25, 0.3) is 0 Å². The number of ketones is 1. The van der Waals surface area contributed by atoms with E-state index in [1.54, 1.807) is 30.1 Å². The summed E-state index contributed by atoms with van der Waals surface area (Å²) < 4.78 is 0. The molecule has 3 rings (SSSR count). The summed E-state index contributed by atoms with van der Waals surface area (Å²) in [6, 6.07) is 5.26. The van der Waals surface area contributed by atoms with Crippen LogP contribution in [0.2, 0.25) is 5.02 Å². The number of piperidine rings is 1. The lowest BCUT2D eigenvalue weighted by atomic mass is 9.88. The van der Waals surface area contributed by atoms with E-state index in [9.17, 15) is 14.4 Å². The van der Waals surface area contributed by atoms with Crippen LogP contribution in [0.1, 0.15) is 41.6 Å². The van der Waals surface area contributed by atoms with E-state index in [1.165, 1.54) is 5.01 Å². The van der Waals surface area contributed by atoms with Crippen molar-refractivity contribution in [2.24, 2.45) is 11.0 Å². The zero-order chi connectivity index (χ0) is 18.8. The van der Waals surface area contributed by atoms with Crippen molar-refractivity contribution >= 4 is 34.9 Å². The van der Waals surface area contributed by atoms with Gasteiger partial charge in [0.15, 0.2) is 5.78 Å². The standard InChI is InChI=1S/C19H22ClN3O3/c1-12-10-14(20)5-6-15(12)18(25)13-4-3-9-23(11-13)19(26)16-7-8-17(24)22(2)21-16/h5-6,10,13H,3-4,7-9,11H2,1-2H3/t13-/m0/s1. The molecule has 0 radical (unpaired) electrons. The van der Waals surface area contributed by atoms with Gasteiger partial charge in [-0.15, -0.1) is 0 Å².